The highest BCUT2D eigenvalue weighted by atomic mass is 16.5. The number of nitrogens with two attached hydrogens (primary N) is 1. The highest BCUT2D eigenvalue weighted by molar-refractivity contribution is 5.58. The molecule has 0 atom stereocenters. The Balaban J connectivity index is 2.48. The zero-order valence-electron chi connectivity index (χ0n) is 9.30. The quantitative estimate of drug-likeness (QED) is 0.809. The Labute approximate surface area is 90.2 Å². The molecule has 3 heteroatoms. The number of ether oxygens (including phenoxy) is 2. The Bertz CT molecular complexity index is 374. The normalized spacial score (nSPS) is 13.0. The van der Waals surface area contributed by atoms with Crippen LogP contribution in [0.15, 0.2) is 6.07 Å². The minimum atomic E-state index is 0.637. The van der Waals surface area contributed by atoms with E-state index >= 15 is 0 Å². The summed E-state index contributed by atoms with van der Waals surface area (Å²) in [5, 5.41) is 0. The van der Waals surface area contributed by atoms with E-state index < -0.39 is 0 Å². The molecule has 1 aromatic rings. The highest BCUT2D eigenvalue weighted by Crippen LogP contribution is 2.41. The van der Waals surface area contributed by atoms with Crippen molar-refractivity contribution in [2.45, 2.75) is 19.3 Å². The lowest BCUT2D eigenvalue weighted by Crippen LogP contribution is -2.15. The Kier molecular flexibility index (Phi) is 2.82. The molecule has 1 aliphatic rings. The van der Waals surface area contributed by atoms with E-state index in [9.17, 15) is 0 Å². The van der Waals surface area contributed by atoms with Gasteiger partial charge in [-0.2, -0.15) is 0 Å². The first kappa shape index (κ1) is 10.3. The van der Waals surface area contributed by atoms with E-state index in [0.717, 1.165) is 36.3 Å². The monoisotopic (exact) mass is 207 g/mol. The van der Waals surface area contributed by atoms with Crippen molar-refractivity contribution >= 4 is 0 Å². The number of hydrogen-bond acceptors (Lipinski definition) is 3. The maximum absolute atomic E-state index is 5.59. The first-order valence-electron chi connectivity index (χ1n) is 5.27. The molecule has 2 rings (SSSR count). The molecule has 1 aromatic carbocycles. The number of fused-ring (bicyclic) bond motifs is 1. The summed E-state index contributed by atoms with van der Waals surface area (Å²) in [7, 11) is 3.44. The summed E-state index contributed by atoms with van der Waals surface area (Å²) in [5.74, 6) is 2.00. The molecule has 0 bridgehead atoms. The van der Waals surface area contributed by atoms with Crippen molar-refractivity contribution in [3.63, 3.8) is 0 Å². The van der Waals surface area contributed by atoms with E-state index in [0.29, 0.717) is 6.54 Å². The van der Waals surface area contributed by atoms with Crippen LogP contribution >= 0.6 is 0 Å². The SMILES string of the molecule is COc1cc(CCN)c(OC)c2c1CC2. The van der Waals surface area contributed by atoms with Gasteiger partial charge in [0.1, 0.15) is 11.5 Å². The van der Waals surface area contributed by atoms with E-state index in [1.807, 2.05) is 0 Å². The number of benzene rings is 1. The van der Waals surface area contributed by atoms with Gasteiger partial charge in [0.2, 0.25) is 0 Å². The summed E-state index contributed by atoms with van der Waals surface area (Å²) >= 11 is 0. The van der Waals surface area contributed by atoms with Crippen molar-refractivity contribution in [2.24, 2.45) is 5.73 Å². The molecular weight excluding hydrogens is 190 g/mol. The maximum Gasteiger partial charge on any atom is 0.125 e. The lowest BCUT2D eigenvalue weighted by molar-refractivity contribution is 0.382. The smallest absolute Gasteiger partial charge is 0.125 e. The van der Waals surface area contributed by atoms with Gasteiger partial charge in [0.15, 0.2) is 0 Å². The second-order valence-corrected chi connectivity index (χ2v) is 3.77. The third kappa shape index (κ3) is 1.57. The minimum absolute atomic E-state index is 0.637. The van der Waals surface area contributed by atoms with Gasteiger partial charge in [-0.1, -0.05) is 0 Å². The molecule has 0 spiro atoms. The second kappa shape index (κ2) is 4.11. The molecule has 0 fully saturated rings. The van der Waals surface area contributed by atoms with Crippen LogP contribution < -0.4 is 15.2 Å². The summed E-state index contributed by atoms with van der Waals surface area (Å²) in [5.41, 5.74) is 9.35. The second-order valence-electron chi connectivity index (χ2n) is 3.77. The number of rotatable bonds is 4. The van der Waals surface area contributed by atoms with Crippen molar-refractivity contribution < 1.29 is 9.47 Å². The molecule has 0 amide bonds. The Hall–Kier alpha value is -1.22. The topological polar surface area (TPSA) is 44.5 Å². The fraction of sp³-hybridized carbons (Fsp3) is 0.500. The van der Waals surface area contributed by atoms with Gasteiger partial charge in [0.25, 0.3) is 0 Å². The van der Waals surface area contributed by atoms with Crippen LogP contribution in [-0.4, -0.2) is 20.8 Å². The van der Waals surface area contributed by atoms with Gasteiger partial charge in [-0.25, -0.2) is 0 Å². The van der Waals surface area contributed by atoms with Crippen molar-refractivity contribution in [3.05, 3.63) is 22.8 Å². The van der Waals surface area contributed by atoms with Gasteiger partial charge < -0.3 is 15.2 Å². The lowest BCUT2D eigenvalue weighted by atomic mass is 9.84. The molecule has 0 saturated carbocycles. The molecule has 82 valence electrons. The summed E-state index contributed by atoms with van der Waals surface area (Å²) in [6.45, 7) is 0.637. The first-order valence-corrected chi connectivity index (χ1v) is 5.27. The van der Waals surface area contributed by atoms with Crippen LogP contribution in [0, 0.1) is 0 Å². The van der Waals surface area contributed by atoms with Crippen molar-refractivity contribution in [1.82, 2.24) is 0 Å². The summed E-state index contributed by atoms with van der Waals surface area (Å²) < 4.78 is 10.8. The first-order chi connectivity index (χ1) is 7.31. The molecule has 15 heavy (non-hydrogen) atoms. The van der Waals surface area contributed by atoms with Crippen molar-refractivity contribution in [1.29, 1.82) is 0 Å². The minimum Gasteiger partial charge on any atom is -0.496 e. The van der Waals surface area contributed by atoms with E-state index in [2.05, 4.69) is 6.07 Å². The third-order valence-corrected chi connectivity index (χ3v) is 3.00. The van der Waals surface area contributed by atoms with Crippen molar-refractivity contribution in [3.8, 4) is 11.5 Å². The van der Waals surface area contributed by atoms with Crippen LogP contribution in [0.5, 0.6) is 11.5 Å². The van der Waals surface area contributed by atoms with Gasteiger partial charge in [-0.05, 0) is 37.4 Å². The van der Waals surface area contributed by atoms with Crippen LogP contribution in [0.4, 0.5) is 0 Å². The number of hydrogen-bond donors (Lipinski definition) is 1. The molecule has 0 unspecified atom stereocenters. The molecule has 0 radical (unpaired) electrons. The van der Waals surface area contributed by atoms with Crippen LogP contribution in [-0.2, 0) is 19.3 Å². The zero-order chi connectivity index (χ0) is 10.8. The van der Waals surface area contributed by atoms with Crippen LogP contribution in [0.25, 0.3) is 0 Å². The largest absolute Gasteiger partial charge is 0.496 e. The van der Waals surface area contributed by atoms with Crippen LogP contribution in [0.1, 0.15) is 16.7 Å². The molecule has 0 aromatic heterocycles. The average Bonchev–Trinajstić information content (AvgIpc) is 2.20. The van der Waals surface area contributed by atoms with Crippen molar-refractivity contribution in [2.75, 3.05) is 20.8 Å². The molecule has 0 heterocycles. The fourth-order valence-electron chi connectivity index (χ4n) is 2.18. The standard InChI is InChI=1S/C12H17NO2/c1-14-11-7-8(5-6-13)12(15-2)10-4-3-9(10)11/h7H,3-6,13H2,1-2H3. The summed E-state index contributed by atoms with van der Waals surface area (Å²) in [6, 6.07) is 2.06. The van der Waals surface area contributed by atoms with Gasteiger partial charge >= 0.3 is 0 Å². The van der Waals surface area contributed by atoms with Crippen LogP contribution in [0.3, 0.4) is 0 Å². The molecule has 1 aliphatic carbocycles. The van der Waals surface area contributed by atoms with Gasteiger partial charge in [0.05, 0.1) is 14.2 Å². The lowest BCUT2D eigenvalue weighted by Gasteiger charge is -2.26. The fourth-order valence-corrected chi connectivity index (χ4v) is 2.18. The molecule has 0 saturated heterocycles. The Morgan fingerprint density at radius 1 is 1.20 bits per heavy atom. The predicted octanol–water partition coefficient (Wildman–Crippen LogP) is 1.30. The van der Waals surface area contributed by atoms with Gasteiger partial charge in [0, 0.05) is 11.1 Å². The molecule has 0 aliphatic heterocycles. The maximum atomic E-state index is 5.59. The van der Waals surface area contributed by atoms with Crippen LogP contribution in [0.2, 0.25) is 0 Å². The van der Waals surface area contributed by atoms with E-state index in [1.165, 1.54) is 11.1 Å². The van der Waals surface area contributed by atoms with Gasteiger partial charge in [-0.3, -0.25) is 0 Å². The third-order valence-electron chi connectivity index (χ3n) is 3.00. The molecule has 2 N–H and O–H groups in total. The zero-order valence-corrected chi connectivity index (χ0v) is 9.30. The average molecular weight is 207 g/mol. The highest BCUT2D eigenvalue weighted by Gasteiger charge is 2.25. The Morgan fingerprint density at radius 3 is 2.40 bits per heavy atom. The van der Waals surface area contributed by atoms with E-state index in [1.54, 1.807) is 14.2 Å². The van der Waals surface area contributed by atoms with Gasteiger partial charge in [-0.15, -0.1) is 0 Å². The van der Waals surface area contributed by atoms with E-state index in [4.69, 9.17) is 15.2 Å². The number of methoxy groups -OCH3 is 2. The van der Waals surface area contributed by atoms with E-state index in [-0.39, 0.29) is 0 Å². The molecule has 3 nitrogen and oxygen atoms in total. The predicted molar refractivity (Wildman–Crippen MR) is 59.7 cm³/mol. The summed E-state index contributed by atoms with van der Waals surface area (Å²) in [4.78, 5) is 0. The molecular formula is C12H17NO2. The summed E-state index contributed by atoms with van der Waals surface area (Å²) in [6.07, 6.45) is 3.03. The Morgan fingerprint density at radius 2 is 1.93 bits per heavy atom.